The molecule has 0 amide bonds. The minimum Gasteiger partial charge on any atom is -0.457 e. The molecule has 9 nitrogen and oxygen atoms in total. The van der Waals surface area contributed by atoms with E-state index in [0.717, 1.165) is 24.3 Å². The quantitative estimate of drug-likeness (QED) is 0.0709. The number of carbonyl (C=O) groups is 4. The van der Waals surface area contributed by atoms with Crippen LogP contribution in [-0.2, 0) is 30.3 Å². The molecule has 3 aromatic rings. The van der Waals surface area contributed by atoms with Gasteiger partial charge in [0.25, 0.3) is 0 Å². The lowest BCUT2D eigenvalue weighted by molar-refractivity contribution is -0.144. The summed E-state index contributed by atoms with van der Waals surface area (Å²) in [6, 6.07) is 13.2. The average molecular weight is 621 g/mol. The Hall–Kier alpha value is -6.14. The van der Waals surface area contributed by atoms with E-state index in [4.69, 9.17) is 23.7 Å². The normalized spacial score (nSPS) is 9.87. The molecule has 0 unspecified atom stereocenters. The van der Waals surface area contributed by atoms with Gasteiger partial charge in [-0.15, -0.1) is 0 Å². The summed E-state index contributed by atoms with van der Waals surface area (Å²) in [6.07, 6.45) is 5.25. The molecule has 0 aliphatic carbocycles. The minimum atomic E-state index is -0.738. The smallest absolute Gasteiger partial charge is 0.335 e. The van der Waals surface area contributed by atoms with Crippen LogP contribution in [0.1, 0.15) is 35.6 Å². The number of rotatable bonds is 13. The highest BCUT2D eigenvalue weighted by Gasteiger charge is 2.27. The lowest BCUT2D eigenvalue weighted by Crippen LogP contribution is -2.13. The van der Waals surface area contributed by atoms with Crippen molar-refractivity contribution < 1.29 is 42.9 Å². The van der Waals surface area contributed by atoms with Crippen LogP contribution in [0.2, 0.25) is 0 Å². The molecule has 0 saturated heterocycles. The van der Waals surface area contributed by atoms with Crippen molar-refractivity contribution >= 4 is 23.9 Å². The van der Waals surface area contributed by atoms with Gasteiger partial charge in [-0.2, -0.15) is 0 Å². The molecule has 46 heavy (non-hydrogen) atoms. The molecule has 0 fully saturated rings. The minimum absolute atomic E-state index is 0.106. The maximum Gasteiger partial charge on any atom is 0.335 e. The zero-order valence-electron chi connectivity index (χ0n) is 25.6. The van der Waals surface area contributed by atoms with E-state index >= 15 is 0 Å². The van der Waals surface area contributed by atoms with Crippen LogP contribution in [-0.4, -0.2) is 30.7 Å². The molecule has 9 heteroatoms. The summed E-state index contributed by atoms with van der Waals surface area (Å²) in [5.74, 6) is 4.54. The van der Waals surface area contributed by atoms with Gasteiger partial charge in [-0.3, -0.25) is 0 Å². The van der Waals surface area contributed by atoms with Crippen LogP contribution in [0.5, 0.6) is 23.0 Å². The number of ether oxygens (including phenoxy) is 5. The zero-order chi connectivity index (χ0) is 33.6. The molecule has 3 aromatic carbocycles. The first-order valence-electron chi connectivity index (χ1n) is 14.0. The largest absolute Gasteiger partial charge is 0.457 e. The molecule has 0 saturated carbocycles. The van der Waals surface area contributed by atoms with Crippen molar-refractivity contribution in [2.75, 3.05) is 6.79 Å². The Morgan fingerprint density at radius 3 is 1.80 bits per heavy atom. The van der Waals surface area contributed by atoms with E-state index in [1.54, 1.807) is 55.5 Å². The second kappa shape index (κ2) is 16.6. The van der Waals surface area contributed by atoms with Gasteiger partial charge in [0.1, 0.15) is 23.0 Å². The molecule has 0 spiro atoms. The molecule has 0 aliphatic rings. The average Bonchev–Trinajstić information content (AvgIpc) is 3.07. The second-order valence-electron chi connectivity index (χ2n) is 9.37. The Balaban J connectivity index is 2.21. The summed E-state index contributed by atoms with van der Waals surface area (Å²) in [6.45, 7) is 17.2. The molecule has 0 N–H and O–H groups in total. The van der Waals surface area contributed by atoms with Crippen LogP contribution in [0.25, 0.3) is 11.1 Å². The Morgan fingerprint density at radius 2 is 1.24 bits per heavy atom. The molecular formula is C37H32O9. The third-order valence-corrected chi connectivity index (χ3v) is 6.29. The van der Waals surface area contributed by atoms with Gasteiger partial charge in [0.15, 0.2) is 0 Å². The molecule has 0 aromatic heterocycles. The number of hydrogen-bond donors (Lipinski definition) is 0. The maximum absolute atomic E-state index is 12.6. The predicted octanol–water partition coefficient (Wildman–Crippen LogP) is 6.35. The Morgan fingerprint density at radius 1 is 0.696 bits per heavy atom. The molecule has 0 aliphatic heterocycles. The molecule has 0 radical (unpaired) electrons. The Kier molecular flexibility index (Phi) is 12.4. The van der Waals surface area contributed by atoms with E-state index < -0.39 is 23.9 Å². The number of hydrogen-bond acceptors (Lipinski definition) is 9. The van der Waals surface area contributed by atoms with Crippen LogP contribution in [0, 0.1) is 18.8 Å². The first-order chi connectivity index (χ1) is 22.1. The zero-order valence-corrected chi connectivity index (χ0v) is 25.6. The highest BCUT2D eigenvalue weighted by molar-refractivity contribution is 5.92. The van der Waals surface area contributed by atoms with Crippen molar-refractivity contribution in [3.63, 3.8) is 0 Å². The molecule has 3 rings (SSSR count). The molecular weight excluding hydrogens is 588 g/mol. The van der Waals surface area contributed by atoms with Gasteiger partial charge in [-0.05, 0) is 55.3 Å². The third-order valence-electron chi connectivity index (χ3n) is 6.29. The van der Waals surface area contributed by atoms with Crippen LogP contribution in [0.3, 0.4) is 0 Å². The SMILES string of the molecule is C=CC(=O)OCOc1ccc(C#Cc2c(C)c(OC(=O)C=C)c(-c3ccc(OC(=O)C=C)cc3)c(OC(=O)C=C)c2CCC)cc1. The third kappa shape index (κ3) is 8.94. The fraction of sp³-hybridized carbons (Fsp3) is 0.135. The van der Waals surface area contributed by atoms with Crippen LogP contribution >= 0.6 is 0 Å². The van der Waals surface area contributed by atoms with Gasteiger partial charge in [0.2, 0.25) is 6.79 Å². The first-order valence-corrected chi connectivity index (χ1v) is 14.0. The monoisotopic (exact) mass is 620 g/mol. The van der Waals surface area contributed by atoms with Gasteiger partial charge in [-0.25, -0.2) is 19.2 Å². The van der Waals surface area contributed by atoms with E-state index in [-0.39, 0.29) is 24.0 Å². The van der Waals surface area contributed by atoms with Crippen molar-refractivity contribution in [2.24, 2.45) is 0 Å². The molecule has 0 bridgehead atoms. The molecule has 0 atom stereocenters. The summed E-state index contributed by atoms with van der Waals surface area (Å²) < 4.78 is 27.0. The summed E-state index contributed by atoms with van der Waals surface area (Å²) in [5, 5.41) is 0. The maximum atomic E-state index is 12.6. The van der Waals surface area contributed by atoms with E-state index in [0.29, 0.717) is 52.0 Å². The van der Waals surface area contributed by atoms with Crippen molar-refractivity contribution in [3.8, 4) is 46.0 Å². The van der Waals surface area contributed by atoms with Crippen LogP contribution < -0.4 is 18.9 Å². The highest BCUT2D eigenvalue weighted by Crippen LogP contribution is 2.46. The predicted molar refractivity (Wildman–Crippen MR) is 172 cm³/mol. The Bertz CT molecular complexity index is 1730. The molecule has 234 valence electrons. The van der Waals surface area contributed by atoms with Gasteiger partial charge in [0.05, 0.1) is 5.56 Å². The summed E-state index contributed by atoms with van der Waals surface area (Å²) >= 11 is 0. The van der Waals surface area contributed by atoms with E-state index in [1.807, 2.05) is 6.92 Å². The van der Waals surface area contributed by atoms with Gasteiger partial charge < -0.3 is 23.7 Å². The van der Waals surface area contributed by atoms with E-state index in [2.05, 4.69) is 38.2 Å². The van der Waals surface area contributed by atoms with Gasteiger partial charge >= 0.3 is 23.9 Å². The van der Waals surface area contributed by atoms with E-state index in [9.17, 15) is 19.2 Å². The summed E-state index contributed by atoms with van der Waals surface area (Å²) in [5.41, 5.74) is 3.08. The van der Waals surface area contributed by atoms with Crippen molar-refractivity contribution in [1.29, 1.82) is 0 Å². The topological polar surface area (TPSA) is 114 Å². The van der Waals surface area contributed by atoms with Crippen molar-refractivity contribution in [2.45, 2.75) is 26.7 Å². The highest BCUT2D eigenvalue weighted by atomic mass is 16.7. The second-order valence-corrected chi connectivity index (χ2v) is 9.37. The lowest BCUT2D eigenvalue weighted by Gasteiger charge is -2.22. The fourth-order valence-electron chi connectivity index (χ4n) is 4.17. The number of benzene rings is 3. The van der Waals surface area contributed by atoms with Crippen LogP contribution in [0.15, 0.2) is 99.2 Å². The van der Waals surface area contributed by atoms with Crippen LogP contribution in [0.4, 0.5) is 0 Å². The summed E-state index contributed by atoms with van der Waals surface area (Å²) in [7, 11) is 0. The number of carbonyl (C=O) groups excluding carboxylic acids is 4. The lowest BCUT2D eigenvalue weighted by atomic mass is 9.89. The fourth-order valence-corrected chi connectivity index (χ4v) is 4.17. The molecule has 0 heterocycles. The van der Waals surface area contributed by atoms with Gasteiger partial charge in [-0.1, -0.05) is 63.6 Å². The van der Waals surface area contributed by atoms with Gasteiger partial charge in [0, 0.05) is 46.6 Å². The summed E-state index contributed by atoms with van der Waals surface area (Å²) in [4.78, 5) is 48.1. The van der Waals surface area contributed by atoms with Crippen molar-refractivity contribution in [3.05, 3.63) is 121 Å². The van der Waals surface area contributed by atoms with Crippen molar-refractivity contribution in [1.82, 2.24) is 0 Å². The Labute approximate surface area is 267 Å². The van der Waals surface area contributed by atoms with E-state index in [1.165, 1.54) is 0 Å². The first kappa shape index (κ1) is 34.4. The standard InChI is InChI=1S/C37H32O9/c1-7-12-30-29(22-15-25-13-18-27(19-14-25)42-23-43-31(38)8-2)24(6)36(45-33(40)10-4)35(37(30)46-34(41)11-5)26-16-20-28(21-17-26)44-32(39)9-3/h8-11,13-14,16-21H,2-5,7,12,23H2,1,6H3. The number of esters is 4.